The Labute approximate surface area is 126 Å². The maximum Gasteiger partial charge on any atom is 0.241 e. The first-order valence-electron chi connectivity index (χ1n) is 6.14. The molecule has 5 nitrogen and oxygen atoms in total. The van der Waals surface area contributed by atoms with Crippen molar-refractivity contribution in [3.05, 3.63) is 45.2 Å². The van der Waals surface area contributed by atoms with Crippen molar-refractivity contribution in [2.45, 2.75) is 31.9 Å². The number of nitrogens with one attached hydrogen (secondary N) is 1. The second-order valence-corrected chi connectivity index (χ2v) is 7.34. The average molecular weight is 330 g/mol. The van der Waals surface area contributed by atoms with Gasteiger partial charge in [0.1, 0.15) is 5.82 Å². The van der Waals surface area contributed by atoms with Crippen molar-refractivity contribution >= 4 is 21.4 Å². The van der Waals surface area contributed by atoms with Gasteiger partial charge in [0.2, 0.25) is 10.0 Å². The number of hydrogen-bond donors (Lipinski definition) is 2. The normalized spacial score (nSPS) is 11.8. The van der Waals surface area contributed by atoms with Crippen LogP contribution >= 0.6 is 11.3 Å². The van der Waals surface area contributed by atoms with Crippen LogP contribution in [-0.4, -0.2) is 18.5 Å². The second kappa shape index (κ2) is 6.18. The van der Waals surface area contributed by atoms with E-state index in [-0.39, 0.29) is 22.6 Å². The first-order chi connectivity index (χ1) is 9.83. The highest BCUT2D eigenvalue weighted by atomic mass is 32.2. The highest BCUT2D eigenvalue weighted by Crippen LogP contribution is 2.21. The SMILES string of the molecule is Cc1nc(CNS(=O)(=O)c2cc(CO)cc(F)c2C)cs1. The van der Waals surface area contributed by atoms with Crippen molar-refractivity contribution in [3.8, 4) is 0 Å². The Morgan fingerprint density at radius 1 is 1.38 bits per heavy atom. The number of hydrogen-bond acceptors (Lipinski definition) is 5. The molecule has 0 spiro atoms. The van der Waals surface area contributed by atoms with E-state index in [2.05, 4.69) is 9.71 Å². The number of rotatable bonds is 5. The number of aromatic nitrogens is 1. The zero-order valence-electron chi connectivity index (χ0n) is 11.6. The molecule has 0 amide bonds. The van der Waals surface area contributed by atoms with Crippen LogP contribution in [0.25, 0.3) is 0 Å². The van der Waals surface area contributed by atoms with Crippen LogP contribution in [0.2, 0.25) is 0 Å². The van der Waals surface area contributed by atoms with E-state index in [1.165, 1.54) is 24.3 Å². The van der Waals surface area contributed by atoms with Gasteiger partial charge >= 0.3 is 0 Å². The van der Waals surface area contributed by atoms with Crippen LogP contribution in [0.5, 0.6) is 0 Å². The van der Waals surface area contributed by atoms with E-state index in [0.717, 1.165) is 11.1 Å². The van der Waals surface area contributed by atoms with Crippen molar-refractivity contribution in [2.24, 2.45) is 0 Å². The van der Waals surface area contributed by atoms with Crippen LogP contribution in [0.15, 0.2) is 22.4 Å². The fourth-order valence-corrected chi connectivity index (χ4v) is 3.73. The van der Waals surface area contributed by atoms with E-state index in [1.54, 1.807) is 5.38 Å². The number of nitrogens with zero attached hydrogens (tertiary/aromatic N) is 1. The molecule has 2 aromatic rings. The minimum atomic E-state index is -3.87. The third-order valence-corrected chi connectivity index (χ3v) is 5.29. The van der Waals surface area contributed by atoms with E-state index >= 15 is 0 Å². The van der Waals surface area contributed by atoms with Crippen LogP contribution in [0.1, 0.15) is 21.8 Å². The molecule has 21 heavy (non-hydrogen) atoms. The van der Waals surface area contributed by atoms with Crippen molar-refractivity contribution in [1.82, 2.24) is 9.71 Å². The lowest BCUT2D eigenvalue weighted by Gasteiger charge is -2.11. The molecule has 0 saturated carbocycles. The monoisotopic (exact) mass is 330 g/mol. The van der Waals surface area contributed by atoms with E-state index in [4.69, 9.17) is 5.11 Å². The Hall–Kier alpha value is -1.35. The summed E-state index contributed by atoms with van der Waals surface area (Å²) >= 11 is 1.42. The molecule has 0 bridgehead atoms. The molecule has 2 N–H and O–H groups in total. The Balaban J connectivity index is 2.29. The number of halogens is 1. The number of aliphatic hydroxyl groups is 1. The highest BCUT2D eigenvalue weighted by Gasteiger charge is 2.20. The van der Waals surface area contributed by atoms with Crippen molar-refractivity contribution in [1.29, 1.82) is 0 Å². The molecule has 8 heteroatoms. The third kappa shape index (κ3) is 3.65. The van der Waals surface area contributed by atoms with Crippen LogP contribution in [-0.2, 0) is 23.2 Å². The highest BCUT2D eigenvalue weighted by molar-refractivity contribution is 7.89. The summed E-state index contributed by atoms with van der Waals surface area (Å²) in [6.45, 7) is 2.83. The van der Waals surface area contributed by atoms with E-state index in [0.29, 0.717) is 5.69 Å². The van der Waals surface area contributed by atoms with E-state index in [9.17, 15) is 12.8 Å². The quantitative estimate of drug-likeness (QED) is 0.877. The summed E-state index contributed by atoms with van der Waals surface area (Å²) in [6.07, 6.45) is 0. The average Bonchev–Trinajstić information content (AvgIpc) is 2.85. The molecule has 0 saturated heterocycles. The molecule has 0 aliphatic carbocycles. The summed E-state index contributed by atoms with van der Waals surface area (Å²) < 4.78 is 40.6. The molecule has 1 aromatic heterocycles. The van der Waals surface area contributed by atoms with Gasteiger partial charge in [-0.3, -0.25) is 0 Å². The van der Waals surface area contributed by atoms with Crippen molar-refractivity contribution < 1.29 is 17.9 Å². The zero-order valence-corrected chi connectivity index (χ0v) is 13.2. The first-order valence-corrected chi connectivity index (χ1v) is 8.50. The maximum atomic E-state index is 13.7. The minimum absolute atomic E-state index is 0.0224. The number of aliphatic hydroxyl groups excluding tert-OH is 1. The Bertz CT molecular complexity index is 757. The number of aryl methyl sites for hydroxylation is 1. The molecular formula is C13H15FN2O3S2. The molecule has 0 aliphatic rings. The van der Waals surface area contributed by atoms with Gasteiger partial charge in [0.05, 0.1) is 28.7 Å². The fourth-order valence-electron chi connectivity index (χ4n) is 1.81. The van der Waals surface area contributed by atoms with Gasteiger partial charge in [-0.15, -0.1) is 11.3 Å². The molecule has 0 radical (unpaired) electrons. The summed E-state index contributed by atoms with van der Waals surface area (Å²) in [5.74, 6) is -0.661. The van der Waals surface area contributed by atoms with Gasteiger partial charge in [-0.1, -0.05) is 0 Å². The summed E-state index contributed by atoms with van der Waals surface area (Å²) in [5, 5.41) is 11.7. The summed E-state index contributed by atoms with van der Waals surface area (Å²) in [5.41, 5.74) is 0.842. The van der Waals surface area contributed by atoms with Gasteiger partial charge in [-0.05, 0) is 31.5 Å². The predicted molar refractivity (Wildman–Crippen MR) is 77.9 cm³/mol. The van der Waals surface area contributed by atoms with Crippen LogP contribution in [0.3, 0.4) is 0 Å². The molecule has 114 valence electrons. The van der Waals surface area contributed by atoms with Crippen LogP contribution < -0.4 is 4.72 Å². The van der Waals surface area contributed by atoms with Gasteiger partial charge in [0.15, 0.2) is 0 Å². The summed E-state index contributed by atoms with van der Waals surface area (Å²) in [7, 11) is -3.87. The molecule has 1 heterocycles. The van der Waals surface area contributed by atoms with E-state index < -0.39 is 22.4 Å². The molecule has 1 aromatic carbocycles. The Morgan fingerprint density at radius 3 is 2.67 bits per heavy atom. The number of benzene rings is 1. The zero-order chi connectivity index (χ0) is 15.6. The van der Waals surface area contributed by atoms with Crippen LogP contribution in [0, 0.1) is 19.7 Å². The molecule has 0 fully saturated rings. The number of thiazole rings is 1. The minimum Gasteiger partial charge on any atom is -0.392 e. The summed E-state index contributed by atoms with van der Waals surface area (Å²) in [4.78, 5) is 3.99. The van der Waals surface area contributed by atoms with Gasteiger partial charge < -0.3 is 5.11 Å². The topological polar surface area (TPSA) is 79.3 Å². The lowest BCUT2D eigenvalue weighted by molar-refractivity contribution is 0.281. The smallest absolute Gasteiger partial charge is 0.241 e. The first kappa shape index (κ1) is 16.0. The fraction of sp³-hybridized carbons (Fsp3) is 0.308. The number of sulfonamides is 1. The van der Waals surface area contributed by atoms with E-state index in [1.807, 2.05) is 6.92 Å². The molecule has 0 aliphatic heterocycles. The molecule has 0 atom stereocenters. The van der Waals surface area contributed by atoms with Gasteiger partial charge in [-0.25, -0.2) is 22.5 Å². The third-order valence-electron chi connectivity index (χ3n) is 2.94. The Kier molecular flexibility index (Phi) is 4.72. The molecule has 0 unspecified atom stereocenters. The second-order valence-electron chi connectivity index (χ2n) is 4.54. The van der Waals surface area contributed by atoms with Crippen molar-refractivity contribution in [3.63, 3.8) is 0 Å². The van der Waals surface area contributed by atoms with Gasteiger partial charge in [0, 0.05) is 10.9 Å². The lowest BCUT2D eigenvalue weighted by atomic mass is 10.1. The van der Waals surface area contributed by atoms with Gasteiger partial charge in [-0.2, -0.15) is 0 Å². The lowest BCUT2D eigenvalue weighted by Crippen LogP contribution is -2.24. The van der Waals surface area contributed by atoms with Crippen LogP contribution in [0.4, 0.5) is 4.39 Å². The van der Waals surface area contributed by atoms with Crippen molar-refractivity contribution in [2.75, 3.05) is 0 Å². The molecular weight excluding hydrogens is 315 g/mol. The Morgan fingerprint density at radius 2 is 2.10 bits per heavy atom. The summed E-state index contributed by atoms with van der Waals surface area (Å²) in [6, 6.07) is 2.39. The molecule has 2 rings (SSSR count). The maximum absolute atomic E-state index is 13.7. The van der Waals surface area contributed by atoms with Gasteiger partial charge in [0.25, 0.3) is 0 Å². The largest absolute Gasteiger partial charge is 0.392 e. The standard InChI is InChI=1S/C13H15FN2O3S2/c1-8-12(14)3-10(6-17)4-13(8)21(18,19)15-5-11-7-20-9(2)16-11/h3-4,7,15,17H,5-6H2,1-2H3. The predicted octanol–water partition coefficient (Wildman–Crippen LogP) is 1.87.